The van der Waals surface area contributed by atoms with E-state index in [1.165, 1.54) is 0 Å². The summed E-state index contributed by atoms with van der Waals surface area (Å²) in [5.41, 5.74) is 4.98. The number of aromatic nitrogens is 5. The molecule has 1 atom stereocenters. The average Bonchev–Trinajstić information content (AvgIpc) is 3.37. The van der Waals surface area contributed by atoms with Crippen molar-refractivity contribution < 1.29 is 9.32 Å². The Morgan fingerprint density at radius 2 is 2.10 bits per heavy atom. The van der Waals surface area contributed by atoms with E-state index in [1.54, 1.807) is 18.5 Å². The number of carbonyl (C=O) groups is 1. The maximum absolute atomic E-state index is 13.0. The maximum atomic E-state index is 13.0. The molecule has 0 aliphatic carbocycles. The van der Waals surface area contributed by atoms with Gasteiger partial charge in [0.2, 0.25) is 0 Å². The number of carbonyl (C=O) groups excluding carboxylic acids is 1. The molecule has 0 bridgehead atoms. The zero-order chi connectivity index (χ0) is 20.7. The van der Waals surface area contributed by atoms with Crippen LogP contribution < -0.4 is 0 Å². The van der Waals surface area contributed by atoms with Crippen LogP contribution >= 0.6 is 0 Å². The zero-order valence-corrected chi connectivity index (χ0v) is 16.9. The quantitative estimate of drug-likeness (QED) is 0.522. The van der Waals surface area contributed by atoms with Gasteiger partial charge in [-0.1, -0.05) is 5.16 Å². The molecular weight excluding hydrogens is 380 g/mol. The van der Waals surface area contributed by atoms with E-state index in [1.807, 2.05) is 47.7 Å². The molecule has 0 spiro atoms. The van der Waals surface area contributed by atoms with Gasteiger partial charge in [-0.25, -0.2) is 9.50 Å². The van der Waals surface area contributed by atoms with Gasteiger partial charge in [0.1, 0.15) is 0 Å². The van der Waals surface area contributed by atoms with Crippen molar-refractivity contribution in [2.75, 3.05) is 13.1 Å². The summed E-state index contributed by atoms with van der Waals surface area (Å²) in [5, 5.41) is 8.73. The van der Waals surface area contributed by atoms with Crippen molar-refractivity contribution in [3.8, 4) is 11.3 Å². The minimum atomic E-state index is 0.00630. The molecular formula is C22H22N6O2. The zero-order valence-electron chi connectivity index (χ0n) is 16.9. The van der Waals surface area contributed by atoms with Gasteiger partial charge >= 0.3 is 0 Å². The number of nitrogens with zero attached hydrogens (tertiary/aromatic N) is 6. The molecule has 8 heteroatoms. The number of piperidine rings is 1. The van der Waals surface area contributed by atoms with E-state index >= 15 is 0 Å². The van der Waals surface area contributed by atoms with E-state index in [4.69, 9.17) is 4.52 Å². The molecule has 152 valence electrons. The Kier molecular flexibility index (Phi) is 4.54. The number of hydrogen-bond acceptors (Lipinski definition) is 6. The van der Waals surface area contributed by atoms with E-state index in [2.05, 4.69) is 20.2 Å². The lowest BCUT2D eigenvalue weighted by molar-refractivity contribution is 0.0705. The van der Waals surface area contributed by atoms with Crippen molar-refractivity contribution in [2.45, 2.75) is 32.6 Å². The molecule has 5 heterocycles. The van der Waals surface area contributed by atoms with E-state index < -0.39 is 0 Å². The molecule has 1 aliphatic rings. The second-order valence-corrected chi connectivity index (χ2v) is 7.78. The monoisotopic (exact) mass is 402 g/mol. The molecule has 1 fully saturated rings. The van der Waals surface area contributed by atoms with Gasteiger partial charge in [-0.05, 0) is 38.8 Å². The van der Waals surface area contributed by atoms with Crippen LogP contribution in [0.2, 0.25) is 0 Å². The molecule has 0 aromatic carbocycles. The topological polar surface area (TPSA) is 89.4 Å². The third-order valence-corrected chi connectivity index (χ3v) is 5.54. The summed E-state index contributed by atoms with van der Waals surface area (Å²) in [6, 6.07) is 7.46. The number of rotatable bonds is 3. The van der Waals surface area contributed by atoms with Crippen molar-refractivity contribution in [2.24, 2.45) is 0 Å². The number of aryl methyl sites for hydroxylation is 2. The molecule has 0 saturated carbocycles. The van der Waals surface area contributed by atoms with Gasteiger partial charge in [0.25, 0.3) is 5.91 Å². The smallest absolute Gasteiger partial charge is 0.255 e. The first-order valence-corrected chi connectivity index (χ1v) is 10.1. The number of pyridine rings is 1. The molecule has 1 amide bonds. The normalized spacial score (nSPS) is 16.9. The molecule has 1 aliphatic heterocycles. The van der Waals surface area contributed by atoms with E-state index in [0.717, 1.165) is 47.7 Å². The van der Waals surface area contributed by atoms with Crippen molar-refractivity contribution in [1.82, 2.24) is 29.6 Å². The predicted octanol–water partition coefficient (Wildman–Crippen LogP) is 3.42. The van der Waals surface area contributed by atoms with Gasteiger partial charge in [0.15, 0.2) is 11.4 Å². The Labute approximate surface area is 173 Å². The van der Waals surface area contributed by atoms with Crippen LogP contribution in [0.4, 0.5) is 0 Å². The van der Waals surface area contributed by atoms with Crippen molar-refractivity contribution >= 4 is 11.6 Å². The standard InChI is InChI=1S/C22H22N6O2/c1-14-10-20-24-12-18(19-9-15(2)26-30-19)21(28(20)25-14)17-6-4-8-27(13-17)22(29)16-5-3-7-23-11-16/h3,5,7,9-12,17H,4,6,8,13H2,1-2H3/t17-/m0/s1. The Morgan fingerprint density at radius 3 is 2.87 bits per heavy atom. The summed E-state index contributed by atoms with van der Waals surface area (Å²) in [6.45, 7) is 5.18. The molecule has 0 radical (unpaired) electrons. The largest absolute Gasteiger partial charge is 0.356 e. The first kappa shape index (κ1) is 18.5. The highest BCUT2D eigenvalue weighted by Crippen LogP contribution is 2.35. The second-order valence-electron chi connectivity index (χ2n) is 7.78. The van der Waals surface area contributed by atoms with Crippen molar-refractivity contribution in [3.05, 3.63) is 65.5 Å². The highest BCUT2D eigenvalue weighted by atomic mass is 16.5. The van der Waals surface area contributed by atoms with E-state index in [9.17, 15) is 4.79 Å². The van der Waals surface area contributed by atoms with Crippen LogP contribution in [-0.2, 0) is 0 Å². The summed E-state index contributed by atoms with van der Waals surface area (Å²) in [6.07, 6.45) is 6.99. The number of fused-ring (bicyclic) bond motifs is 1. The first-order chi connectivity index (χ1) is 14.6. The Bertz CT molecular complexity index is 1210. The highest BCUT2D eigenvalue weighted by molar-refractivity contribution is 5.94. The lowest BCUT2D eigenvalue weighted by Crippen LogP contribution is -2.39. The van der Waals surface area contributed by atoms with Gasteiger partial charge in [-0.2, -0.15) is 5.10 Å². The minimum Gasteiger partial charge on any atom is -0.356 e. The fraction of sp³-hybridized carbons (Fsp3) is 0.318. The van der Waals surface area contributed by atoms with Crippen LogP contribution in [0.25, 0.3) is 17.0 Å². The minimum absolute atomic E-state index is 0.00630. The molecule has 8 nitrogen and oxygen atoms in total. The maximum Gasteiger partial charge on any atom is 0.255 e. The van der Waals surface area contributed by atoms with Crippen LogP contribution in [0.15, 0.2) is 47.4 Å². The van der Waals surface area contributed by atoms with Crippen LogP contribution in [-0.4, -0.2) is 48.6 Å². The SMILES string of the molecule is Cc1cc(-c2cnc3cc(C)nn3c2[C@H]2CCCN(C(=O)c3cccnc3)C2)on1. The third-order valence-electron chi connectivity index (χ3n) is 5.54. The molecule has 1 saturated heterocycles. The fourth-order valence-electron chi connectivity index (χ4n) is 4.20. The van der Waals surface area contributed by atoms with Crippen LogP contribution in [0.1, 0.15) is 46.2 Å². The lowest BCUT2D eigenvalue weighted by Gasteiger charge is -2.33. The van der Waals surface area contributed by atoms with Gasteiger partial charge in [0.05, 0.1) is 28.2 Å². The summed E-state index contributed by atoms with van der Waals surface area (Å²) < 4.78 is 7.46. The summed E-state index contributed by atoms with van der Waals surface area (Å²) in [7, 11) is 0. The van der Waals surface area contributed by atoms with E-state index in [0.29, 0.717) is 17.9 Å². The molecule has 4 aromatic heterocycles. The first-order valence-electron chi connectivity index (χ1n) is 10.1. The number of likely N-dealkylation sites (tertiary alicyclic amines) is 1. The second kappa shape index (κ2) is 7.37. The average molecular weight is 402 g/mol. The van der Waals surface area contributed by atoms with Gasteiger partial charge < -0.3 is 9.42 Å². The van der Waals surface area contributed by atoms with Crippen molar-refractivity contribution in [1.29, 1.82) is 0 Å². The van der Waals surface area contributed by atoms with Gasteiger partial charge in [-0.3, -0.25) is 9.78 Å². The Hall–Kier alpha value is -3.55. The summed E-state index contributed by atoms with van der Waals surface area (Å²) in [5.74, 6) is 0.775. The number of amides is 1. The fourth-order valence-corrected chi connectivity index (χ4v) is 4.20. The van der Waals surface area contributed by atoms with Crippen molar-refractivity contribution in [3.63, 3.8) is 0 Å². The molecule has 0 unspecified atom stereocenters. The van der Waals surface area contributed by atoms with Crippen LogP contribution in [0, 0.1) is 13.8 Å². The molecule has 5 rings (SSSR count). The highest BCUT2D eigenvalue weighted by Gasteiger charge is 2.30. The van der Waals surface area contributed by atoms with Gasteiger partial charge in [-0.15, -0.1) is 0 Å². The summed E-state index contributed by atoms with van der Waals surface area (Å²) in [4.78, 5) is 23.6. The number of hydrogen-bond donors (Lipinski definition) is 0. The molecule has 4 aromatic rings. The molecule has 0 N–H and O–H groups in total. The Balaban J connectivity index is 1.57. The lowest BCUT2D eigenvalue weighted by atomic mass is 9.91. The van der Waals surface area contributed by atoms with Gasteiger partial charge in [0, 0.05) is 49.7 Å². The Morgan fingerprint density at radius 1 is 1.20 bits per heavy atom. The predicted molar refractivity (Wildman–Crippen MR) is 110 cm³/mol. The summed E-state index contributed by atoms with van der Waals surface area (Å²) >= 11 is 0. The van der Waals surface area contributed by atoms with Crippen LogP contribution in [0.5, 0.6) is 0 Å². The van der Waals surface area contributed by atoms with Crippen LogP contribution in [0.3, 0.4) is 0 Å². The van der Waals surface area contributed by atoms with E-state index in [-0.39, 0.29) is 11.8 Å². The molecule has 30 heavy (non-hydrogen) atoms. The third kappa shape index (κ3) is 3.24.